The van der Waals surface area contributed by atoms with Crippen LogP contribution in [0.4, 0.5) is 13.2 Å². The van der Waals surface area contributed by atoms with Gasteiger partial charge in [0, 0.05) is 12.8 Å². The van der Waals surface area contributed by atoms with E-state index in [9.17, 15) is 26.4 Å². The third-order valence-corrected chi connectivity index (χ3v) is 6.16. The smallest absolute Gasteiger partial charge is 0.406 e. The summed E-state index contributed by atoms with van der Waals surface area (Å²) in [4.78, 5) is 12.5. The summed E-state index contributed by atoms with van der Waals surface area (Å²) in [6, 6.07) is 5.01. The van der Waals surface area contributed by atoms with E-state index in [0.717, 1.165) is 18.4 Å². The largest absolute Gasteiger partial charge is 0.573 e. The van der Waals surface area contributed by atoms with Crippen LogP contribution in [0, 0.1) is 0 Å². The number of rotatable bonds is 5. The van der Waals surface area contributed by atoms with Crippen molar-refractivity contribution >= 4 is 15.7 Å². The normalized spacial score (nSPS) is 17.8. The van der Waals surface area contributed by atoms with Gasteiger partial charge in [0.05, 0.1) is 0 Å². The Balaban J connectivity index is 2.03. The second-order valence-electron chi connectivity index (χ2n) is 5.89. The van der Waals surface area contributed by atoms with Crippen LogP contribution in [0.15, 0.2) is 24.3 Å². The van der Waals surface area contributed by atoms with Crippen molar-refractivity contribution in [3.8, 4) is 5.75 Å². The number of alkyl halides is 3. The van der Waals surface area contributed by atoms with Crippen LogP contribution < -0.4 is 15.4 Å². The van der Waals surface area contributed by atoms with Crippen LogP contribution in [0.2, 0.25) is 0 Å². The minimum Gasteiger partial charge on any atom is -0.406 e. The summed E-state index contributed by atoms with van der Waals surface area (Å²) in [5, 5.41) is 5.59. The quantitative estimate of drug-likeness (QED) is 0.806. The Morgan fingerprint density at radius 2 is 1.80 bits per heavy atom. The molecule has 10 heteroatoms. The van der Waals surface area contributed by atoms with Crippen LogP contribution in [0.1, 0.15) is 18.4 Å². The third-order valence-electron chi connectivity index (χ3n) is 4.14. The summed E-state index contributed by atoms with van der Waals surface area (Å²) in [6.45, 7) is 0.851. The Morgan fingerprint density at radius 1 is 1.24 bits per heavy atom. The Morgan fingerprint density at radius 3 is 2.28 bits per heavy atom. The predicted octanol–water partition coefficient (Wildman–Crippen LogP) is 1.37. The lowest BCUT2D eigenvalue weighted by molar-refractivity contribution is -0.274. The van der Waals surface area contributed by atoms with Gasteiger partial charge in [-0.1, -0.05) is 12.1 Å². The maximum Gasteiger partial charge on any atom is 0.573 e. The Kier molecular flexibility index (Phi) is 5.62. The fourth-order valence-corrected chi connectivity index (χ4v) is 4.10. The number of piperidine rings is 1. The maximum absolute atomic E-state index is 12.5. The lowest BCUT2D eigenvalue weighted by atomic mass is 9.95. The number of benzene rings is 1. The van der Waals surface area contributed by atoms with Gasteiger partial charge in [-0.2, -0.15) is 0 Å². The van der Waals surface area contributed by atoms with Gasteiger partial charge in [0.15, 0.2) is 14.6 Å². The molecular weight excluding hydrogens is 361 g/mol. The van der Waals surface area contributed by atoms with Crippen LogP contribution in [0.5, 0.6) is 5.75 Å². The molecule has 1 amide bonds. The molecule has 0 radical (unpaired) electrons. The molecular formula is C15H19F3N2O4S. The van der Waals surface area contributed by atoms with Crippen molar-refractivity contribution in [2.24, 2.45) is 0 Å². The van der Waals surface area contributed by atoms with E-state index in [0.29, 0.717) is 18.7 Å². The van der Waals surface area contributed by atoms with E-state index in [4.69, 9.17) is 0 Å². The van der Waals surface area contributed by atoms with E-state index in [-0.39, 0.29) is 25.1 Å². The molecule has 1 heterocycles. The van der Waals surface area contributed by atoms with Gasteiger partial charge in [0.1, 0.15) is 5.75 Å². The highest BCUT2D eigenvalue weighted by Gasteiger charge is 2.48. The highest BCUT2D eigenvalue weighted by atomic mass is 32.2. The van der Waals surface area contributed by atoms with E-state index in [1.807, 2.05) is 0 Å². The monoisotopic (exact) mass is 380 g/mol. The van der Waals surface area contributed by atoms with Gasteiger partial charge >= 0.3 is 6.36 Å². The SMILES string of the molecule is CS(=O)(=O)C1(C(=O)NCc2ccc(OC(F)(F)F)cc2)CCNCC1. The molecule has 1 aromatic rings. The highest BCUT2D eigenvalue weighted by Crippen LogP contribution is 2.28. The molecule has 0 aliphatic carbocycles. The average Bonchev–Trinajstić information content (AvgIpc) is 2.52. The van der Waals surface area contributed by atoms with Crippen LogP contribution in [-0.2, 0) is 21.2 Å². The van der Waals surface area contributed by atoms with Gasteiger partial charge < -0.3 is 15.4 Å². The standard InChI is InChI=1S/C15H19F3N2O4S/c1-25(22,23)14(6-8-19-9-7-14)13(21)20-10-11-2-4-12(5-3-11)24-15(16,17)18/h2-5,19H,6-10H2,1H3,(H,20,21). The molecule has 0 saturated carbocycles. The first-order valence-corrected chi connectivity index (χ1v) is 9.46. The zero-order chi connectivity index (χ0) is 18.7. The number of ether oxygens (including phenoxy) is 1. The molecule has 2 N–H and O–H groups in total. The molecule has 0 unspecified atom stereocenters. The number of carbonyl (C=O) groups excluding carboxylic acids is 1. The van der Waals surface area contributed by atoms with Crippen LogP contribution in [-0.4, -0.2) is 44.8 Å². The zero-order valence-corrected chi connectivity index (χ0v) is 14.3. The lowest BCUT2D eigenvalue weighted by Crippen LogP contribution is -2.57. The third kappa shape index (κ3) is 4.85. The minimum absolute atomic E-state index is 0.00975. The number of sulfone groups is 1. The van der Waals surface area contributed by atoms with Crippen LogP contribution >= 0.6 is 0 Å². The predicted molar refractivity (Wildman–Crippen MR) is 84.7 cm³/mol. The summed E-state index contributed by atoms with van der Waals surface area (Å²) in [5.74, 6) is -0.958. The summed E-state index contributed by atoms with van der Waals surface area (Å²) < 4.78 is 62.9. The molecule has 140 valence electrons. The number of amides is 1. The summed E-state index contributed by atoms with van der Waals surface area (Å²) in [7, 11) is -3.62. The summed E-state index contributed by atoms with van der Waals surface area (Å²) in [5.41, 5.74) is 0.528. The molecule has 1 saturated heterocycles. The van der Waals surface area contributed by atoms with Gasteiger partial charge in [-0.3, -0.25) is 4.79 Å². The molecule has 0 bridgehead atoms. The van der Waals surface area contributed by atoms with Gasteiger partial charge in [-0.15, -0.1) is 13.2 Å². The molecule has 1 aromatic carbocycles. The second-order valence-corrected chi connectivity index (χ2v) is 8.22. The fraction of sp³-hybridized carbons (Fsp3) is 0.533. The van der Waals surface area contributed by atoms with E-state index in [1.54, 1.807) is 0 Å². The van der Waals surface area contributed by atoms with Crippen molar-refractivity contribution in [1.82, 2.24) is 10.6 Å². The molecule has 25 heavy (non-hydrogen) atoms. The molecule has 0 atom stereocenters. The topological polar surface area (TPSA) is 84.5 Å². The first-order chi connectivity index (χ1) is 11.5. The van der Waals surface area contributed by atoms with E-state index < -0.39 is 26.9 Å². The number of nitrogens with one attached hydrogen (secondary N) is 2. The first kappa shape index (κ1) is 19.5. The Bertz CT molecular complexity index is 711. The van der Waals surface area contributed by atoms with Crippen LogP contribution in [0.25, 0.3) is 0 Å². The molecule has 1 aliphatic heterocycles. The number of carbonyl (C=O) groups is 1. The van der Waals surface area contributed by atoms with Crippen molar-refractivity contribution in [1.29, 1.82) is 0 Å². The van der Waals surface area contributed by atoms with Gasteiger partial charge in [0.25, 0.3) is 0 Å². The molecule has 1 aliphatic rings. The number of halogens is 3. The summed E-state index contributed by atoms with van der Waals surface area (Å²) >= 11 is 0. The van der Waals surface area contributed by atoms with Crippen molar-refractivity contribution < 1.29 is 31.1 Å². The zero-order valence-electron chi connectivity index (χ0n) is 13.5. The van der Waals surface area contributed by atoms with Gasteiger partial charge in [0.2, 0.25) is 5.91 Å². The van der Waals surface area contributed by atoms with E-state index in [2.05, 4.69) is 15.4 Å². The van der Waals surface area contributed by atoms with Crippen molar-refractivity contribution in [3.05, 3.63) is 29.8 Å². The van der Waals surface area contributed by atoms with Gasteiger partial charge in [-0.05, 0) is 43.6 Å². The highest BCUT2D eigenvalue weighted by molar-refractivity contribution is 7.92. The summed E-state index contributed by atoms with van der Waals surface area (Å²) in [6.07, 6.45) is -3.38. The van der Waals surface area contributed by atoms with E-state index in [1.165, 1.54) is 12.1 Å². The Hall–Kier alpha value is -1.81. The maximum atomic E-state index is 12.5. The van der Waals surface area contributed by atoms with E-state index >= 15 is 0 Å². The number of hydrogen-bond donors (Lipinski definition) is 2. The van der Waals surface area contributed by atoms with Gasteiger partial charge in [-0.25, -0.2) is 8.42 Å². The average molecular weight is 380 g/mol. The molecule has 6 nitrogen and oxygen atoms in total. The Labute approximate surface area is 143 Å². The fourth-order valence-electron chi connectivity index (χ4n) is 2.75. The lowest BCUT2D eigenvalue weighted by Gasteiger charge is -2.34. The molecule has 0 spiro atoms. The second kappa shape index (κ2) is 7.20. The molecule has 0 aromatic heterocycles. The van der Waals surface area contributed by atoms with Crippen molar-refractivity contribution in [3.63, 3.8) is 0 Å². The van der Waals surface area contributed by atoms with Crippen molar-refractivity contribution in [2.45, 2.75) is 30.5 Å². The minimum atomic E-state index is -4.77. The molecule has 1 fully saturated rings. The first-order valence-electron chi connectivity index (χ1n) is 7.57. The van der Waals surface area contributed by atoms with Crippen LogP contribution in [0.3, 0.4) is 0 Å². The van der Waals surface area contributed by atoms with Crippen molar-refractivity contribution in [2.75, 3.05) is 19.3 Å². The molecule has 2 rings (SSSR count). The number of hydrogen-bond acceptors (Lipinski definition) is 5.